The average Bonchev–Trinajstić information content (AvgIpc) is 2.96. The topological polar surface area (TPSA) is 198 Å². The van der Waals surface area contributed by atoms with E-state index in [0.717, 1.165) is 4.90 Å². The van der Waals surface area contributed by atoms with Gasteiger partial charge < -0.3 is 24.4 Å². The summed E-state index contributed by atoms with van der Waals surface area (Å²) in [6, 6.07) is 9.71. The summed E-state index contributed by atoms with van der Waals surface area (Å²) in [5.41, 5.74) is -1.83. The highest BCUT2D eigenvalue weighted by molar-refractivity contribution is 6.30. The third-order valence-corrected chi connectivity index (χ3v) is 7.18. The Hall–Kier alpha value is -4.79. The van der Waals surface area contributed by atoms with Crippen LogP contribution in [-0.4, -0.2) is 62.9 Å². The van der Waals surface area contributed by atoms with Gasteiger partial charge in [-0.05, 0) is 19.1 Å². The molecule has 3 rings (SSSR count). The van der Waals surface area contributed by atoms with Crippen molar-refractivity contribution in [3.8, 4) is 0 Å². The van der Waals surface area contributed by atoms with Gasteiger partial charge in [0.1, 0.15) is 13.2 Å². The molecule has 5 atom stereocenters. The number of carbonyl (C=O) groups excluding carboxylic acids is 4. The number of amides is 2. The average molecular weight is 621 g/mol. The van der Waals surface area contributed by atoms with E-state index in [2.05, 4.69) is 5.32 Å². The van der Waals surface area contributed by atoms with Crippen molar-refractivity contribution in [1.29, 1.82) is 0 Å². The third-order valence-electron chi connectivity index (χ3n) is 6.79. The van der Waals surface area contributed by atoms with Gasteiger partial charge in [-0.15, -0.1) is 0 Å². The van der Waals surface area contributed by atoms with Crippen molar-refractivity contribution in [3.63, 3.8) is 0 Å². The van der Waals surface area contributed by atoms with Crippen LogP contribution in [0, 0.1) is 32.1 Å². The zero-order valence-corrected chi connectivity index (χ0v) is 24.1. The van der Waals surface area contributed by atoms with Crippen LogP contribution in [0.1, 0.15) is 31.9 Å². The number of esters is 2. The number of hydrogen-bond acceptors (Lipinski definition) is 11. The van der Waals surface area contributed by atoms with Gasteiger partial charge in [-0.1, -0.05) is 42.8 Å². The minimum atomic E-state index is -1.63. The molecule has 2 aromatic carbocycles. The van der Waals surface area contributed by atoms with E-state index in [0.29, 0.717) is 0 Å². The Bertz CT molecular complexity index is 1400. The summed E-state index contributed by atoms with van der Waals surface area (Å²) in [6.07, 6.45) is -0.949. The Kier molecular flexibility index (Phi) is 11.0. The number of nitro groups is 2. The fourth-order valence-electron chi connectivity index (χ4n) is 4.72. The van der Waals surface area contributed by atoms with Crippen molar-refractivity contribution in [2.24, 2.45) is 11.8 Å². The molecule has 1 aliphatic rings. The largest absolute Gasteiger partial charge is 0.466 e. The van der Waals surface area contributed by atoms with Crippen molar-refractivity contribution in [2.75, 3.05) is 6.61 Å². The first-order chi connectivity index (χ1) is 20.3. The molecule has 1 heterocycles. The van der Waals surface area contributed by atoms with E-state index < -0.39 is 76.4 Å². The second kappa shape index (κ2) is 14.4. The minimum absolute atomic E-state index is 0.120. The minimum Gasteiger partial charge on any atom is -0.466 e. The zero-order chi connectivity index (χ0) is 31.8. The normalized spacial score (nSPS) is 18.0. The summed E-state index contributed by atoms with van der Waals surface area (Å²) in [6.45, 7) is 3.37. The lowest BCUT2D eigenvalue weighted by atomic mass is 9.75. The van der Waals surface area contributed by atoms with Crippen molar-refractivity contribution < 1.29 is 43.2 Å². The first-order valence-corrected chi connectivity index (χ1v) is 13.4. The molecule has 2 amide bonds. The third kappa shape index (κ3) is 7.94. The number of carbonyl (C=O) groups is 4. The lowest BCUT2D eigenvalue weighted by Gasteiger charge is -2.52. The smallest absolute Gasteiger partial charge is 0.407 e. The highest BCUT2D eigenvalue weighted by Crippen LogP contribution is 2.38. The quantitative estimate of drug-likeness (QED) is 0.0654. The van der Waals surface area contributed by atoms with Crippen LogP contribution in [0.5, 0.6) is 0 Å². The summed E-state index contributed by atoms with van der Waals surface area (Å²) < 4.78 is 15.4. The number of alkyl carbamates (subject to hydrolysis) is 1. The van der Waals surface area contributed by atoms with Crippen molar-refractivity contribution in [2.45, 2.75) is 51.6 Å². The summed E-state index contributed by atoms with van der Waals surface area (Å²) in [4.78, 5) is 72.3. The molecule has 1 saturated heterocycles. The van der Waals surface area contributed by atoms with Crippen LogP contribution in [0.25, 0.3) is 0 Å². The van der Waals surface area contributed by atoms with Crippen LogP contribution in [0.4, 0.5) is 16.2 Å². The number of ether oxygens (including phenoxy) is 3. The molecule has 15 nitrogen and oxygen atoms in total. The number of rotatable bonds is 13. The number of hydrogen-bond donors (Lipinski definition) is 1. The van der Waals surface area contributed by atoms with Crippen molar-refractivity contribution >= 4 is 46.9 Å². The fourth-order valence-corrected chi connectivity index (χ4v) is 5.01. The molecule has 1 N–H and O–H groups in total. The highest BCUT2D eigenvalue weighted by Gasteiger charge is 2.56. The summed E-state index contributed by atoms with van der Waals surface area (Å²) >= 11 is 6.35. The van der Waals surface area contributed by atoms with E-state index in [9.17, 15) is 39.4 Å². The highest BCUT2D eigenvalue weighted by atomic mass is 35.5. The fraction of sp³-hybridized carbons (Fsp3) is 0.407. The molecule has 0 bridgehead atoms. The van der Waals surface area contributed by atoms with E-state index in [-0.39, 0.29) is 29.1 Å². The predicted molar refractivity (Wildman–Crippen MR) is 148 cm³/mol. The maximum Gasteiger partial charge on any atom is 0.407 e. The van der Waals surface area contributed by atoms with Crippen LogP contribution < -0.4 is 5.32 Å². The van der Waals surface area contributed by atoms with Gasteiger partial charge in [0.2, 0.25) is 11.4 Å². The maximum atomic E-state index is 13.3. The SMILES string of the molecule is CC(=O)OCC(C)C1C(C(C)NC(=O)OCc2ccccc2[N+](=O)[O-])C(=O)N1C(Cl)C(=O)OCc1ccccc1[N+](=O)[O-]. The monoisotopic (exact) mass is 620 g/mol. The molecular formula is C27H29ClN4O11. The molecule has 0 spiro atoms. The Morgan fingerprint density at radius 1 is 0.930 bits per heavy atom. The number of benzene rings is 2. The molecule has 0 saturated carbocycles. The van der Waals surface area contributed by atoms with E-state index in [1.165, 1.54) is 56.3 Å². The van der Waals surface area contributed by atoms with Gasteiger partial charge in [0.25, 0.3) is 11.4 Å². The van der Waals surface area contributed by atoms with E-state index in [1.807, 2.05) is 0 Å². The lowest BCUT2D eigenvalue weighted by molar-refractivity contribution is -0.386. The molecule has 0 aromatic heterocycles. The second-order valence-corrected chi connectivity index (χ2v) is 10.2. The Morgan fingerprint density at radius 3 is 1.95 bits per heavy atom. The van der Waals surface area contributed by atoms with Gasteiger partial charge in [0.15, 0.2) is 0 Å². The first kappa shape index (κ1) is 32.7. The van der Waals surface area contributed by atoms with E-state index >= 15 is 0 Å². The van der Waals surface area contributed by atoms with Crippen LogP contribution >= 0.6 is 11.6 Å². The van der Waals surface area contributed by atoms with Crippen LogP contribution in [0.3, 0.4) is 0 Å². The molecule has 16 heteroatoms. The molecule has 230 valence electrons. The zero-order valence-electron chi connectivity index (χ0n) is 23.3. The Labute approximate surface area is 250 Å². The number of nitro benzene ring substituents is 2. The standard InChI is InChI=1S/C27H29ClN4O11/c1-15(12-41-17(3)33)23-22(16(2)29-27(36)43-14-19-9-5-7-11-21(19)32(39)40)25(34)30(23)24(28)26(35)42-13-18-8-4-6-10-20(18)31(37)38/h4-11,15-16,22-24H,12-14H2,1-3H3,(H,29,36). The van der Waals surface area contributed by atoms with Crippen molar-refractivity contribution in [1.82, 2.24) is 10.2 Å². The van der Waals surface area contributed by atoms with E-state index in [1.54, 1.807) is 13.0 Å². The molecule has 43 heavy (non-hydrogen) atoms. The van der Waals surface area contributed by atoms with Gasteiger partial charge in [0.05, 0.1) is 39.5 Å². The van der Waals surface area contributed by atoms with E-state index in [4.69, 9.17) is 25.8 Å². The number of nitrogens with one attached hydrogen (secondary N) is 1. The van der Waals surface area contributed by atoms with Gasteiger partial charge in [-0.2, -0.15) is 0 Å². The van der Waals surface area contributed by atoms with Crippen LogP contribution in [-0.2, 0) is 41.8 Å². The molecule has 1 fully saturated rings. The molecule has 0 radical (unpaired) electrons. The predicted octanol–water partition coefficient (Wildman–Crippen LogP) is 3.45. The number of halogens is 1. The van der Waals surface area contributed by atoms with Gasteiger partial charge in [-0.25, -0.2) is 9.59 Å². The lowest BCUT2D eigenvalue weighted by Crippen LogP contribution is -2.71. The number of likely N-dealkylation sites (tertiary alicyclic amines) is 1. The number of β-lactam (4-membered cyclic amide) rings is 1. The molecular weight excluding hydrogens is 592 g/mol. The maximum absolute atomic E-state index is 13.3. The number of alkyl halides is 1. The molecule has 2 aromatic rings. The second-order valence-electron chi connectivity index (χ2n) is 9.77. The summed E-state index contributed by atoms with van der Waals surface area (Å²) in [5.74, 6) is -3.71. The first-order valence-electron chi connectivity index (χ1n) is 13.0. The summed E-state index contributed by atoms with van der Waals surface area (Å²) in [5, 5.41) is 25.0. The number of para-hydroxylation sites is 2. The van der Waals surface area contributed by atoms with Crippen LogP contribution in [0.15, 0.2) is 48.5 Å². The molecule has 5 unspecified atom stereocenters. The number of nitrogens with zero attached hydrogens (tertiary/aromatic N) is 3. The summed E-state index contributed by atoms with van der Waals surface area (Å²) in [7, 11) is 0. The van der Waals surface area contributed by atoms with Gasteiger partial charge in [-0.3, -0.25) is 29.8 Å². The molecule has 1 aliphatic heterocycles. The molecule has 0 aliphatic carbocycles. The Morgan fingerprint density at radius 2 is 1.44 bits per heavy atom. The van der Waals surface area contributed by atoms with Crippen molar-refractivity contribution in [3.05, 3.63) is 79.9 Å². The van der Waals surface area contributed by atoms with Gasteiger partial charge in [0, 0.05) is 31.0 Å². The van der Waals surface area contributed by atoms with Gasteiger partial charge >= 0.3 is 18.0 Å². The van der Waals surface area contributed by atoms with Crippen LogP contribution in [0.2, 0.25) is 0 Å². The Balaban J connectivity index is 1.70.